The molecule has 0 aliphatic rings. The third-order valence-corrected chi connectivity index (χ3v) is 3.34. The second-order valence-corrected chi connectivity index (χ2v) is 4.59. The number of methoxy groups -OCH3 is 1. The lowest BCUT2D eigenvalue weighted by molar-refractivity contribution is 0.382. The van der Waals surface area contributed by atoms with E-state index in [0.29, 0.717) is 16.7 Å². The standard InChI is InChI=1S/C16H17F2NO/c1-10-7-8-11(9-13(10)17)16(19-2)12-5-4-6-14(20-3)15(12)18/h4-9,16,19H,1-3H3. The largest absolute Gasteiger partial charge is 0.494 e. The zero-order chi connectivity index (χ0) is 14.7. The highest BCUT2D eigenvalue weighted by Crippen LogP contribution is 2.29. The van der Waals surface area contributed by atoms with Crippen LogP contribution in [0.15, 0.2) is 36.4 Å². The molecular formula is C16H17F2NO. The summed E-state index contributed by atoms with van der Waals surface area (Å²) in [7, 11) is 3.13. The summed E-state index contributed by atoms with van der Waals surface area (Å²) in [6, 6.07) is 9.41. The fourth-order valence-electron chi connectivity index (χ4n) is 2.20. The monoisotopic (exact) mass is 277 g/mol. The van der Waals surface area contributed by atoms with Crippen LogP contribution in [0.25, 0.3) is 0 Å². The van der Waals surface area contributed by atoms with E-state index in [1.807, 2.05) is 0 Å². The molecule has 0 aliphatic heterocycles. The SMILES string of the molecule is CNC(c1ccc(C)c(F)c1)c1cccc(OC)c1F. The van der Waals surface area contributed by atoms with Gasteiger partial charge in [0.1, 0.15) is 5.82 Å². The minimum Gasteiger partial charge on any atom is -0.494 e. The molecule has 0 aliphatic carbocycles. The van der Waals surface area contributed by atoms with Crippen molar-refractivity contribution in [3.63, 3.8) is 0 Å². The van der Waals surface area contributed by atoms with Crippen molar-refractivity contribution in [1.82, 2.24) is 5.32 Å². The summed E-state index contributed by atoms with van der Waals surface area (Å²) >= 11 is 0. The Morgan fingerprint density at radius 3 is 2.50 bits per heavy atom. The van der Waals surface area contributed by atoms with Gasteiger partial charge in [-0.05, 0) is 37.2 Å². The van der Waals surface area contributed by atoms with E-state index < -0.39 is 11.9 Å². The van der Waals surface area contributed by atoms with E-state index >= 15 is 0 Å². The molecule has 2 aromatic carbocycles. The Kier molecular flexibility index (Phi) is 4.35. The lowest BCUT2D eigenvalue weighted by Crippen LogP contribution is -2.19. The van der Waals surface area contributed by atoms with E-state index in [4.69, 9.17) is 4.74 Å². The average Bonchev–Trinajstić information content (AvgIpc) is 2.45. The summed E-state index contributed by atoms with van der Waals surface area (Å²) in [4.78, 5) is 0. The van der Waals surface area contributed by atoms with Crippen LogP contribution < -0.4 is 10.1 Å². The van der Waals surface area contributed by atoms with E-state index in [1.54, 1.807) is 44.3 Å². The summed E-state index contributed by atoms with van der Waals surface area (Å²) < 4.78 is 33.0. The summed E-state index contributed by atoms with van der Waals surface area (Å²) in [6.45, 7) is 1.69. The molecule has 2 nitrogen and oxygen atoms in total. The van der Waals surface area contributed by atoms with E-state index in [2.05, 4.69) is 5.32 Å². The van der Waals surface area contributed by atoms with Gasteiger partial charge in [-0.25, -0.2) is 8.78 Å². The molecular weight excluding hydrogens is 260 g/mol. The van der Waals surface area contributed by atoms with E-state index in [0.717, 1.165) is 0 Å². The molecule has 1 atom stereocenters. The van der Waals surface area contributed by atoms with Gasteiger partial charge in [-0.15, -0.1) is 0 Å². The van der Waals surface area contributed by atoms with Crippen LogP contribution in [0.4, 0.5) is 8.78 Å². The van der Waals surface area contributed by atoms with Crippen molar-refractivity contribution in [2.24, 2.45) is 0 Å². The first kappa shape index (κ1) is 14.5. The van der Waals surface area contributed by atoms with Gasteiger partial charge in [0.15, 0.2) is 11.6 Å². The van der Waals surface area contributed by atoms with Crippen molar-refractivity contribution >= 4 is 0 Å². The maximum atomic E-state index is 14.3. The van der Waals surface area contributed by atoms with Gasteiger partial charge < -0.3 is 10.1 Å². The van der Waals surface area contributed by atoms with Crippen molar-refractivity contribution in [3.05, 3.63) is 64.7 Å². The molecule has 0 amide bonds. The maximum absolute atomic E-state index is 14.3. The third-order valence-electron chi connectivity index (χ3n) is 3.34. The van der Waals surface area contributed by atoms with Crippen LogP contribution in [0.3, 0.4) is 0 Å². The van der Waals surface area contributed by atoms with Gasteiger partial charge >= 0.3 is 0 Å². The molecule has 0 heterocycles. The molecule has 2 rings (SSSR count). The number of hydrogen-bond donors (Lipinski definition) is 1. The smallest absolute Gasteiger partial charge is 0.170 e. The first-order chi connectivity index (χ1) is 9.58. The summed E-state index contributed by atoms with van der Waals surface area (Å²) in [5.41, 5.74) is 1.66. The molecule has 20 heavy (non-hydrogen) atoms. The highest BCUT2D eigenvalue weighted by Gasteiger charge is 2.19. The molecule has 0 aromatic heterocycles. The number of benzene rings is 2. The van der Waals surface area contributed by atoms with Gasteiger partial charge in [0.05, 0.1) is 13.2 Å². The first-order valence-corrected chi connectivity index (χ1v) is 6.34. The van der Waals surface area contributed by atoms with Crippen LogP contribution in [0.5, 0.6) is 5.75 Å². The molecule has 1 unspecified atom stereocenters. The molecule has 4 heteroatoms. The van der Waals surface area contributed by atoms with Gasteiger partial charge in [0, 0.05) is 5.56 Å². The summed E-state index contributed by atoms with van der Waals surface area (Å²) in [6.07, 6.45) is 0. The van der Waals surface area contributed by atoms with Crippen LogP contribution >= 0.6 is 0 Å². The minimum atomic E-state index is -0.435. The minimum absolute atomic E-state index is 0.176. The zero-order valence-electron chi connectivity index (χ0n) is 11.7. The number of aryl methyl sites for hydroxylation is 1. The fraction of sp³-hybridized carbons (Fsp3) is 0.250. The molecule has 106 valence electrons. The predicted octanol–water partition coefficient (Wildman–Crippen LogP) is 3.59. The predicted molar refractivity (Wildman–Crippen MR) is 75.0 cm³/mol. The molecule has 1 N–H and O–H groups in total. The van der Waals surface area contributed by atoms with E-state index in [-0.39, 0.29) is 11.6 Å². The number of rotatable bonds is 4. The lowest BCUT2D eigenvalue weighted by atomic mass is 9.97. The highest BCUT2D eigenvalue weighted by molar-refractivity contribution is 5.39. The van der Waals surface area contributed by atoms with Crippen LogP contribution in [0.2, 0.25) is 0 Å². The number of nitrogens with one attached hydrogen (secondary N) is 1. The van der Waals surface area contributed by atoms with Crippen molar-refractivity contribution in [2.45, 2.75) is 13.0 Å². The van der Waals surface area contributed by atoms with Crippen LogP contribution in [-0.4, -0.2) is 14.2 Å². The quantitative estimate of drug-likeness (QED) is 0.922. The summed E-state index contributed by atoms with van der Waals surface area (Å²) in [5, 5.41) is 3.01. The molecule has 0 bridgehead atoms. The average molecular weight is 277 g/mol. The Bertz CT molecular complexity index is 613. The fourth-order valence-corrected chi connectivity index (χ4v) is 2.20. The van der Waals surface area contributed by atoms with Crippen molar-refractivity contribution in [2.75, 3.05) is 14.2 Å². The van der Waals surface area contributed by atoms with Crippen LogP contribution in [0, 0.1) is 18.6 Å². The highest BCUT2D eigenvalue weighted by atomic mass is 19.1. The zero-order valence-corrected chi connectivity index (χ0v) is 11.7. The molecule has 0 saturated heterocycles. The Balaban J connectivity index is 2.49. The molecule has 0 spiro atoms. The number of hydrogen-bond acceptors (Lipinski definition) is 2. The summed E-state index contributed by atoms with van der Waals surface area (Å²) in [5.74, 6) is -0.559. The lowest BCUT2D eigenvalue weighted by Gasteiger charge is -2.19. The topological polar surface area (TPSA) is 21.3 Å². The van der Waals surface area contributed by atoms with E-state index in [1.165, 1.54) is 13.2 Å². The van der Waals surface area contributed by atoms with Crippen molar-refractivity contribution < 1.29 is 13.5 Å². The Hall–Kier alpha value is -1.94. The Morgan fingerprint density at radius 2 is 1.90 bits per heavy atom. The van der Waals surface area contributed by atoms with Crippen LogP contribution in [0.1, 0.15) is 22.7 Å². The van der Waals surface area contributed by atoms with Gasteiger partial charge in [-0.3, -0.25) is 0 Å². The Morgan fingerprint density at radius 1 is 1.15 bits per heavy atom. The van der Waals surface area contributed by atoms with E-state index in [9.17, 15) is 8.78 Å². The maximum Gasteiger partial charge on any atom is 0.170 e. The van der Waals surface area contributed by atoms with Gasteiger partial charge in [0.25, 0.3) is 0 Å². The third kappa shape index (κ3) is 2.65. The van der Waals surface area contributed by atoms with Gasteiger partial charge in [0.2, 0.25) is 0 Å². The normalized spacial score (nSPS) is 12.2. The van der Waals surface area contributed by atoms with Gasteiger partial charge in [-0.2, -0.15) is 0 Å². The van der Waals surface area contributed by atoms with Crippen molar-refractivity contribution in [1.29, 1.82) is 0 Å². The first-order valence-electron chi connectivity index (χ1n) is 6.34. The number of halogens is 2. The second-order valence-electron chi connectivity index (χ2n) is 4.59. The molecule has 0 radical (unpaired) electrons. The molecule has 0 fully saturated rings. The molecule has 0 saturated carbocycles. The van der Waals surface area contributed by atoms with Gasteiger partial charge in [-0.1, -0.05) is 24.3 Å². The van der Waals surface area contributed by atoms with Crippen LogP contribution in [-0.2, 0) is 0 Å². The Labute approximate surface area is 117 Å². The molecule has 2 aromatic rings. The van der Waals surface area contributed by atoms with Crippen molar-refractivity contribution in [3.8, 4) is 5.75 Å². The number of ether oxygens (including phenoxy) is 1. The second kappa shape index (κ2) is 6.01.